The van der Waals surface area contributed by atoms with Gasteiger partial charge in [0.25, 0.3) is 0 Å². The van der Waals surface area contributed by atoms with E-state index in [1.807, 2.05) is 13.0 Å². The summed E-state index contributed by atoms with van der Waals surface area (Å²) in [5.41, 5.74) is 0. The number of ether oxygens (including phenoxy) is 1. The van der Waals surface area contributed by atoms with Gasteiger partial charge in [0.2, 0.25) is 0 Å². The summed E-state index contributed by atoms with van der Waals surface area (Å²) < 4.78 is 4.82. The molecule has 0 N–H and O–H groups in total. The van der Waals surface area contributed by atoms with E-state index in [2.05, 4.69) is 18.7 Å². The van der Waals surface area contributed by atoms with E-state index in [0.29, 0.717) is 13.0 Å². The Morgan fingerprint density at radius 2 is 2.14 bits per heavy atom. The van der Waals surface area contributed by atoms with E-state index < -0.39 is 0 Å². The van der Waals surface area contributed by atoms with Gasteiger partial charge in [-0.05, 0) is 32.6 Å². The second-order valence-electron chi connectivity index (χ2n) is 3.05. The Bertz CT molecular complexity index is 183. The Morgan fingerprint density at radius 1 is 1.36 bits per heavy atom. The van der Waals surface area contributed by atoms with Gasteiger partial charge in [0.15, 0.2) is 0 Å². The van der Waals surface area contributed by atoms with Crippen LogP contribution in [0, 0.1) is 0 Å². The average molecular weight is 196 g/mol. The molecule has 0 saturated carbocycles. The predicted octanol–water partition coefficient (Wildman–Crippen LogP) is 3.24. The molecule has 0 aromatic rings. The summed E-state index contributed by atoms with van der Waals surface area (Å²) in [6.45, 7) is 5.94. The topological polar surface area (TPSA) is 26.3 Å². The van der Waals surface area contributed by atoms with Gasteiger partial charge in [-0.15, -0.1) is 6.58 Å². The van der Waals surface area contributed by atoms with Gasteiger partial charge < -0.3 is 4.74 Å². The van der Waals surface area contributed by atoms with Crippen LogP contribution in [0.25, 0.3) is 0 Å². The van der Waals surface area contributed by atoms with Crippen molar-refractivity contribution >= 4 is 5.97 Å². The van der Waals surface area contributed by atoms with E-state index in [0.717, 1.165) is 25.7 Å². The van der Waals surface area contributed by atoms with E-state index in [9.17, 15) is 4.79 Å². The third-order valence-corrected chi connectivity index (χ3v) is 1.78. The average Bonchev–Trinajstić information content (AvgIpc) is 2.17. The third-order valence-electron chi connectivity index (χ3n) is 1.78. The van der Waals surface area contributed by atoms with Crippen molar-refractivity contribution in [1.29, 1.82) is 0 Å². The first-order chi connectivity index (χ1) is 6.81. The normalized spacial score (nSPS) is 10.4. The Balaban J connectivity index is 3.20. The number of esters is 1. The first-order valence-electron chi connectivity index (χ1n) is 5.22. The number of carbonyl (C=O) groups is 1. The lowest BCUT2D eigenvalue weighted by molar-refractivity contribution is -0.143. The maximum absolute atomic E-state index is 10.9. The SMILES string of the molecule is C=CC/C=C/CCCCC(=O)OCC. The van der Waals surface area contributed by atoms with E-state index in [1.54, 1.807) is 0 Å². The van der Waals surface area contributed by atoms with Gasteiger partial charge in [0, 0.05) is 6.42 Å². The molecule has 14 heavy (non-hydrogen) atoms. The third kappa shape index (κ3) is 9.04. The maximum atomic E-state index is 10.9. The second-order valence-corrected chi connectivity index (χ2v) is 3.05. The summed E-state index contributed by atoms with van der Waals surface area (Å²) in [6.07, 6.45) is 10.6. The lowest BCUT2D eigenvalue weighted by atomic mass is 10.2. The predicted molar refractivity (Wildman–Crippen MR) is 59.1 cm³/mol. The van der Waals surface area contributed by atoms with Crippen LogP contribution >= 0.6 is 0 Å². The molecule has 2 heteroatoms. The van der Waals surface area contributed by atoms with Crippen molar-refractivity contribution in [3.8, 4) is 0 Å². The highest BCUT2D eigenvalue weighted by Crippen LogP contribution is 2.02. The summed E-state index contributed by atoms with van der Waals surface area (Å²) in [5.74, 6) is -0.0810. The minimum Gasteiger partial charge on any atom is -0.466 e. The van der Waals surface area contributed by atoms with Gasteiger partial charge in [-0.1, -0.05) is 18.2 Å². The zero-order chi connectivity index (χ0) is 10.6. The second kappa shape index (κ2) is 10.0. The number of hydrogen-bond acceptors (Lipinski definition) is 2. The number of rotatable bonds is 8. The van der Waals surface area contributed by atoms with Gasteiger partial charge in [0.05, 0.1) is 6.61 Å². The van der Waals surface area contributed by atoms with E-state index in [4.69, 9.17) is 4.74 Å². The monoisotopic (exact) mass is 196 g/mol. The molecule has 2 nitrogen and oxygen atoms in total. The zero-order valence-corrected chi connectivity index (χ0v) is 9.00. The fourth-order valence-corrected chi connectivity index (χ4v) is 1.07. The van der Waals surface area contributed by atoms with Crippen molar-refractivity contribution in [3.63, 3.8) is 0 Å². The van der Waals surface area contributed by atoms with E-state index in [1.165, 1.54) is 0 Å². The molecule has 0 aromatic carbocycles. The quantitative estimate of drug-likeness (QED) is 0.338. The van der Waals surface area contributed by atoms with Crippen LogP contribution in [-0.2, 0) is 9.53 Å². The molecular formula is C12H20O2. The molecule has 0 fully saturated rings. The zero-order valence-electron chi connectivity index (χ0n) is 9.00. The Hall–Kier alpha value is -1.05. The van der Waals surface area contributed by atoms with Gasteiger partial charge in [-0.2, -0.15) is 0 Å². The number of carbonyl (C=O) groups excluding carboxylic acids is 1. The van der Waals surface area contributed by atoms with Crippen molar-refractivity contribution in [3.05, 3.63) is 24.8 Å². The first kappa shape index (κ1) is 12.9. The molecule has 0 radical (unpaired) electrons. The van der Waals surface area contributed by atoms with Crippen molar-refractivity contribution in [2.24, 2.45) is 0 Å². The maximum Gasteiger partial charge on any atom is 0.305 e. The van der Waals surface area contributed by atoms with Gasteiger partial charge in [-0.3, -0.25) is 4.79 Å². The molecule has 0 spiro atoms. The number of unbranched alkanes of at least 4 members (excludes halogenated alkanes) is 2. The lowest BCUT2D eigenvalue weighted by Gasteiger charge is -1.99. The number of hydrogen-bond donors (Lipinski definition) is 0. The fourth-order valence-electron chi connectivity index (χ4n) is 1.07. The van der Waals surface area contributed by atoms with E-state index in [-0.39, 0.29) is 5.97 Å². The molecule has 0 amide bonds. The molecule has 0 rings (SSSR count). The highest BCUT2D eigenvalue weighted by atomic mass is 16.5. The van der Waals surface area contributed by atoms with Crippen LogP contribution in [0.2, 0.25) is 0 Å². The Labute approximate surface area is 86.6 Å². The van der Waals surface area contributed by atoms with Crippen molar-refractivity contribution < 1.29 is 9.53 Å². The van der Waals surface area contributed by atoms with Crippen molar-refractivity contribution in [2.75, 3.05) is 6.61 Å². The summed E-state index contributed by atoms with van der Waals surface area (Å²) in [6, 6.07) is 0. The molecule has 0 aliphatic rings. The van der Waals surface area contributed by atoms with E-state index >= 15 is 0 Å². The molecule has 0 aliphatic carbocycles. The summed E-state index contributed by atoms with van der Waals surface area (Å²) in [5, 5.41) is 0. The molecule has 80 valence electrons. The van der Waals surface area contributed by atoms with Crippen molar-refractivity contribution in [1.82, 2.24) is 0 Å². The van der Waals surface area contributed by atoms with Crippen LogP contribution in [-0.4, -0.2) is 12.6 Å². The lowest BCUT2D eigenvalue weighted by Crippen LogP contribution is -2.02. The highest BCUT2D eigenvalue weighted by Gasteiger charge is 1.99. The largest absolute Gasteiger partial charge is 0.466 e. The highest BCUT2D eigenvalue weighted by molar-refractivity contribution is 5.69. The Morgan fingerprint density at radius 3 is 2.79 bits per heavy atom. The summed E-state index contributed by atoms with van der Waals surface area (Å²) in [4.78, 5) is 10.9. The molecule has 0 saturated heterocycles. The molecule has 0 aliphatic heterocycles. The molecule has 0 atom stereocenters. The molecule has 0 heterocycles. The van der Waals surface area contributed by atoms with Crippen LogP contribution in [0.3, 0.4) is 0 Å². The van der Waals surface area contributed by atoms with Crippen LogP contribution in [0.4, 0.5) is 0 Å². The molecule has 0 aromatic heterocycles. The van der Waals surface area contributed by atoms with Gasteiger partial charge in [0.1, 0.15) is 0 Å². The van der Waals surface area contributed by atoms with Crippen LogP contribution < -0.4 is 0 Å². The smallest absolute Gasteiger partial charge is 0.305 e. The van der Waals surface area contributed by atoms with Gasteiger partial charge in [-0.25, -0.2) is 0 Å². The Kier molecular flexibility index (Phi) is 9.28. The minimum absolute atomic E-state index is 0.0810. The molecule has 0 unspecified atom stereocenters. The molecular weight excluding hydrogens is 176 g/mol. The minimum atomic E-state index is -0.0810. The number of allylic oxidation sites excluding steroid dienone is 3. The van der Waals surface area contributed by atoms with Crippen LogP contribution in [0.5, 0.6) is 0 Å². The van der Waals surface area contributed by atoms with Gasteiger partial charge >= 0.3 is 5.97 Å². The summed E-state index contributed by atoms with van der Waals surface area (Å²) in [7, 11) is 0. The first-order valence-corrected chi connectivity index (χ1v) is 5.22. The van der Waals surface area contributed by atoms with Crippen LogP contribution in [0.1, 0.15) is 39.0 Å². The van der Waals surface area contributed by atoms with Crippen molar-refractivity contribution in [2.45, 2.75) is 39.0 Å². The van der Waals surface area contributed by atoms with Crippen LogP contribution in [0.15, 0.2) is 24.8 Å². The fraction of sp³-hybridized carbons (Fsp3) is 0.583. The molecule has 0 bridgehead atoms. The standard InChI is InChI=1S/C12H20O2/c1-3-5-6-7-8-9-10-11-12(13)14-4-2/h3,6-7H,1,4-5,8-11H2,2H3/b7-6+. The summed E-state index contributed by atoms with van der Waals surface area (Å²) >= 11 is 0.